The van der Waals surface area contributed by atoms with Crippen LogP contribution in [0.4, 0.5) is 5.82 Å². The number of pyridine rings is 1. The molecule has 1 unspecified atom stereocenters. The van der Waals surface area contributed by atoms with Gasteiger partial charge >= 0.3 is 0 Å². The van der Waals surface area contributed by atoms with Gasteiger partial charge in [0.2, 0.25) is 5.76 Å². The first-order chi connectivity index (χ1) is 15.4. The van der Waals surface area contributed by atoms with Gasteiger partial charge in [-0.1, -0.05) is 18.2 Å². The Labute approximate surface area is 185 Å². The summed E-state index contributed by atoms with van der Waals surface area (Å²) in [5.74, 6) is 0.835. The number of ether oxygens (including phenoxy) is 1. The molecule has 1 amide bonds. The molecule has 0 fully saturated rings. The van der Waals surface area contributed by atoms with Gasteiger partial charge in [-0.05, 0) is 73.4 Å². The molecule has 1 atom stereocenters. The number of carbonyl (C=O) groups excluding carboxylic acids is 1. The van der Waals surface area contributed by atoms with Gasteiger partial charge in [0.1, 0.15) is 17.2 Å². The summed E-state index contributed by atoms with van der Waals surface area (Å²) in [6.45, 7) is 5.84. The molecule has 2 aromatic carbocycles. The fourth-order valence-corrected chi connectivity index (χ4v) is 4.17. The van der Waals surface area contributed by atoms with Gasteiger partial charge in [-0.25, -0.2) is 4.98 Å². The highest BCUT2D eigenvalue weighted by Gasteiger charge is 2.44. The van der Waals surface area contributed by atoms with Crippen molar-refractivity contribution in [3.05, 3.63) is 98.5 Å². The van der Waals surface area contributed by atoms with Crippen molar-refractivity contribution in [2.45, 2.75) is 26.8 Å². The highest BCUT2D eigenvalue weighted by atomic mass is 16.5. The van der Waals surface area contributed by atoms with Gasteiger partial charge in [0.15, 0.2) is 5.43 Å². The minimum atomic E-state index is -0.652. The van der Waals surface area contributed by atoms with Gasteiger partial charge < -0.3 is 9.15 Å². The average molecular weight is 426 g/mol. The second-order valence-corrected chi connectivity index (χ2v) is 8.15. The molecule has 5 rings (SSSR count). The number of fused-ring (bicyclic) bond motifs is 2. The van der Waals surface area contributed by atoms with Crippen LogP contribution in [0.25, 0.3) is 11.0 Å². The molecular weight excluding hydrogens is 404 g/mol. The van der Waals surface area contributed by atoms with Crippen molar-refractivity contribution in [3.63, 3.8) is 0 Å². The van der Waals surface area contributed by atoms with Crippen molar-refractivity contribution in [3.8, 4) is 5.75 Å². The number of hydrogen-bond acceptors (Lipinski definition) is 5. The zero-order chi connectivity index (χ0) is 22.6. The fraction of sp³-hybridized carbons (Fsp3) is 0.192. The molecule has 1 aliphatic rings. The standard InChI is InChI=1S/C26H22N2O4/c1-14-5-10-21(27-13-14)28-23(17-6-8-18(31-4)9-7-17)22-24(29)19-11-15(2)16(3)12-20(19)32-25(22)26(28)30/h5-13,23H,1-4H3. The molecule has 6 nitrogen and oxygen atoms in total. The number of benzene rings is 2. The molecule has 0 radical (unpaired) electrons. The molecule has 32 heavy (non-hydrogen) atoms. The van der Waals surface area contributed by atoms with Crippen LogP contribution in [0.1, 0.15) is 44.4 Å². The van der Waals surface area contributed by atoms with Crippen LogP contribution in [-0.2, 0) is 0 Å². The second-order valence-electron chi connectivity index (χ2n) is 8.15. The van der Waals surface area contributed by atoms with Crippen LogP contribution in [0.2, 0.25) is 0 Å². The van der Waals surface area contributed by atoms with E-state index in [9.17, 15) is 9.59 Å². The first kappa shape index (κ1) is 20.0. The first-order valence-electron chi connectivity index (χ1n) is 10.4. The van der Waals surface area contributed by atoms with Gasteiger partial charge in [0.25, 0.3) is 5.91 Å². The highest BCUT2D eigenvalue weighted by molar-refractivity contribution is 6.10. The van der Waals surface area contributed by atoms with Crippen LogP contribution in [0.15, 0.2) is 63.9 Å². The van der Waals surface area contributed by atoms with E-state index in [1.165, 1.54) is 4.90 Å². The molecular formula is C26H22N2O4. The summed E-state index contributed by atoms with van der Waals surface area (Å²) in [5, 5.41) is 0.469. The lowest BCUT2D eigenvalue weighted by molar-refractivity contribution is 0.0970. The summed E-state index contributed by atoms with van der Waals surface area (Å²) in [7, 11) is 1.59. The minimum Gasteiger partial charge on any atom is -0.497 e. The monoisotopic (exact) mass is 426 g/mol. The van der Waals surface area contributed by atoms with E-state index in [0.717, 1.165) is 22.3 Å². The molecule has 0 saturated carbocycles. The lowest BCUT2D eigenvalue weighted by Gasteiger charge is -2.24. The number of aromatic nitrogens is 1. The molecule has 3 heterocycles. The highest BCUT2D eigenvalue weighted by Crippen LogP contribution is 2.41. The Morgan fingerprint density at radius 2 is 1.69 bits per heavy atom. The van der Waals surface area contributed by atoms with Crippen molar-refractivity contribution in [1.29, 1.82) is 0 Å². The molecule has 6 heteroatoms. The van der Waals surface area contributed by atoms with Gasteiger partial charge in [-0.3, -0.25) is 14.5 Å². The molecule has 2 aromatic heterocycles. The molecule has 0 spiro atoms. The first-order valence-corrected chi connectivity index (χ1v) is 10.4. The number of aryl methyl sites for hydroxylation is 3. The van der Waals surface area contributed by atoms with E-state index in [0.29, 0.717) is 28.1 Å². The Balaban J connectivity index is 1.80. The molecule has 0 N–H and O–H groups in total. The number of hydrogen-bond donors (Lipinski definition) is 0. The summed E-state index contributed by atoms with van der Waals surface area (Å²) in [6, 6.07) is 14.0. The molecule has 0 bridgehead atoms. The Bertz CT molecular complexity index is 1420. The van der Waals surface area contributed by atoms with E-state index in [2.05, 4.69) is 4.98 Å². The molecule has 1 aliphatic heterocycles. The van der Waals surface area contributed by atoms with Gasteiger partial charge in [0.05, 0.1) is 24.1 Å². The van der Waals surface area contributed by atoms with E-state index in [1.807, 2.05) is 63.2 Å². The van der Waals surface area contributed by atoms with Crippen LogP contribution in [-0.4, -0.2) is 18.0 Å². The van der Waals surface area contributed by atoms with Crippen molar-refractivity contribution in [2.75, 3.05) is 12.0 Å². The summed E-state index contributed by atoms with van der Waals surface area (Å²) < 4.78 is 11.3. The quantitative estimate of drug-likeness (QED) is 0.467. The van der Waals surface area contributed by atoms with Gasteiger partial charge in [0, 0.05) is 6.20 Å². The largest absolute Gasteiger partial charge is 0.497 e. The van der Waals surface area contributed by atoms with Crippen molar-refractivity contribution >= 4 is 22.7 Å². The third-order valence-electron chi connectivity index (χ3n) is 6.06. The molecule has 4 aromatic rings. The van der Waals surface area contributed by atoms with E-state index in [1.54, 1.807) is 19.4 Å². The maximum Gasteiger partial charge on any atom is 0.296 e. The van der Waals surface area contributed by atoms with Gasteiger partial charge in [-0.2, -0.15) is 0 Å². The van der Waals surface area contributed by atoms with E-state index >= 15 is 0 Å². The van der Waals surface area contributed by atoms with Crippen LogP contribution in [0.3, 0.4) is 0 Å². The SMILES string of the molecule is COc1ccc(C2c3c(oc4cc(C)c(C)cc4c3=O)C(=O)N2c2ccc(C)cn2)cc1. The van der Waals surface area contributed by atoms with E-state index in [-0.39, 0.29) is 17.1 Å². The fourth-order valence-electron chi connectivity index (χ4n) is 4.17. The summed E-state index contributed by atoms with van der Waals surface area (Å²) >= 11 is 0. The number of amides is 1. The second kappa shape index (κ2) is 7.34. The lowest BCUT2D eigenvalue weighted by Crippen LogP contribution is -2.30. The Morgan fingerprint density at radius 1 is 0.969 bits per heavy atom. The van der Waals surface area contributed by atoms with E-state index < -0.39 is 6.04 Å². The number of methoxy groups -OCH3 is 1. The zero-order valence-corrected chi connectivity index (χ0v) is 18.3. The van der Waals surface area contributed by atoms with Crippen LogP contribution < -0.4 is 15.1 Å². The third kappa shape index (κ3) is 2.99. The van der Waals surface area contributed by atoms with Crippen molar-refractivity contribution < 1.29 is 13.9 Å². The summed E-state index contributed by atoms with van der Waals surface area (Å²) in [4.78, 5) is 33.3. The molecule has 0 aliphatic carbocycles. The maximum absolute atomic E-state index is 13.7. The Kier molecular flexibility index (Phi) is 4.59. The molecule has 160 valence electrons. The summed E-state index contributed by atoms with van der Waals surface area (Å²) in [6.07, 6.45) is 1.70. The van der Waals surface area contributed by atoms with Gasteiger partial charge in [-0.15, -0.1) is 0 Å². The van der Waals surface area contributed by atoms with Crippen molar-refractivity contribution in [2.24, 2.45) is 0 Å². The average Bonchev–Trinajstić information content (AvgIpc) is 3.08. The van der Waals surface area contributed by atoms with E-state index in [4.69, 9.17) is 9.15 Å². The van der Waals surface area contributed by atoms with Crippen LogP contribution in [0.5, 0.6) is 5.75 Å². The topological polar surface area (TPSA) is 72.6 Å². The normalized spacial score (nSPS) is 15.3. The predicted molar refractivity (Wildman–Crippen MR) is 123 cm³/mol. The number of nitrogens with zero attached hydrogens (tertiary/aromatic N) is 2. The Hall–Kier alpha value is -3.93. The van der Waals surface area contributed by atoms with Crippen LogP contribution >= 0.6 is 0 Å². The number of anilines is 1. The zero-order valence-electron chi connectivity index (χ0n) is 18.3. The number of rotatable bonds is 3. The Morgan fingerprint density at radius 3 is 2.34 bits per heavy atom. The smallest absolute Gasteiger partial charge is 0.296 e. The minimum absolute atomic E-state index is 0.0638. The van der Waals surface area contributed by atoms with Crippen molar-refractivity contribution in [1.82, 2.24) is 4.98 Å². The lowest BCUT2D eigenvalue weighted by atomic mass is 9.97. The van der Waals surface area contributed by atoms with Crippen LogP contribution in [0, 0.1) is 20.8 Å². The maximum atomic E-state index is 13.7. The summed E-state index contributed by atoms with van der Waals surface area (Å²) in [5.41, 5.74) is 4.28. The number of carbonyl (C=O) groups is 1. The molecule has 0 saturated heterocycles. The third-order valence-corrected chi connectivity index (χ3v) is 6.06. The predicted octanol–water partition coefficient (Wildman–Crippen LogP) is 4.87.